The van der Waals surface area contributed by atoms with Crippen LogP contribution >= 0.6 is 0 Å². The molecule has 2 N–H and O–H groups in total. The van der Waals surface area contributed by atoms with Crippen molar-refractivity contribution in [3.8, 4) is 11.5 Å². The van der Waals surface area contributed by atoms with Gasteiger partial charge in [-0.05, 0) is 12.1 Å². The van der Waals surface area contributed by atoms with Crippen LogP contribution in [0, 0.1) is 0 Å². The molecule has 17 heavy (non-hydrogen) atoms. The predicted octanol–water partition coefficient (Wildman–Crippen LogP) is 1.06. The number of pyridine rings is 1. The van der Waals surface area contributed by atoms with E-state index in [4.69, 9.17) is 14.7 Å². The van der Waals surface area contributed by atoms with Crippen LogP contribution in [0.5, 0.6) is 11.5 Å². The summed E-state index contributed by atoms with van der Waals surface area (Å²) in [4.78, 5) is 14.3. The lowest BCUT2D eigenvalue weighted by molar-refractivity contribution is 0.174. The number of aromatic nitrogens is 1. The second-order valence-corrected chi connectivity index (χ2v) is 3.59. The van der Waals surface area contributed by atoms with Gasteiger partial charge in [-0.25, -0.2) is 0 Å². The smallest absolute Gasteiger partial charge is 0.257 e. The Morgan fingerprint density at radius 1 is 1.29 bits per heavy atom. The number of hydrogen-bond acceptors (Lipinski definition) is 5. The number of fused-ring (bicyclic) bond motifs is 2. The number of rotatable bonds is 1. The SMILES string of the molecule is O=c1[nH]c2cc3c(cc2cc1/C=N\O)OCO3. The minimum atomic E-state index is -0.325. The Morgan fingerprint density at radius 2 is 2.06 bits per heavy atom. The zero-order valence-electron chi connectivity index (χ0n) is 8.64. The molecule has 0 aliphatic carbocycles. The average molecular weight is 232 g/mol. The first-order valence-corrected chi connectivity index (χ1v) is 4.92. The van der Waals surface area contributed by atoms with Crippen molar-refractivity contribution in [2.45, 2.75) is 0 Å². The largest absolute Gasteiger partial charge is 0.454 e. The van der Waals surface area contributed by atoms with Gasteiger partial charge in [0.15, 0.2) is 11.5 Å². The number of benzene rings is 1. The summed E-state index contributed by atoms with van der Waals surface area (Å²) >= 11 is 0. The molecular formula is C11H8N2O4. The maximum Gasteiger partial charge on any atom is 0.257 e. The molecule has 2 heterocycles. The van der Waals surface area contributed by atoms with Crippen LogP contribution < -0.4 is 15.0 Å². The van der Waals surface area contributed by atoms with Crippen LogP contribution in [-0.4, -0.2) is 23.2 Å². The van der Waals surface area contributed by atoms with E-state index in [-0.39, 0.29) is 17.9 Å². The highest BCUT2D eigenvalue weighted by Crippen LogP contribution is 2.35. The van der Waals surface area contributed by atoms with Gasteiger partial charge in [0.25, 0.3) is 5.56 Å². The lowest BCUT2D eigenvalue weighted by atomic mass is 10.1. The van der Waals surface area contributed by atoms with Gasteiger partial charge in [0.1, 0.15) is 0 Å². The lowest BCUT2D eigenvalue weighted by Crippen LogP contribution is -2.11. The van der Waals surface area contributed by atoms with E-state index in [1.807, 2.05) is 0 Å². The molecule has 0 atom stereocenters. The molecular weight excluding hydrogens is 224 g/mol. The Bertz CT molecular complexity index is 675. The zero-order valence-corrected chi connectivity index (χ0v) is 8.64. The number of nitrogens with one attached hydrogen (secondary N) is 1. The van der Waals surface area contributed by atoms with E-state index in [1.165, 1.54) is 0 Å². The van der Waals surface area contributed by atoms with Crippen molar-refractivity contribution < 1.29 is 14.7 Å². The van der Waals surface area contributed by atoms with E-state index in [1.54, 1.807) is 18.2 Å². The molecule has 0 spiro atoms. The third-order valence-electron chi connectivity index (χ3n) is 2.56. The summed E-state index contributed by atoms with van der Waals surface area (Å²) in [6.07, 6.45) is 1.09. The molecule has 0 unspecified atom stereocenters. The number of nitrogens with zero attached hydrogens (tertiary/aromatic N) is 1. The van der Waals surface area contributed by atoms with Crippen LogP contribution in [0.3, 0.4) is 0 Å². The van der Waals surface area contributed by atoms with E-state index in [9.17, 15) is 4.79 Å². The number of hydrogen-bond donors (Lipinski definition) is 2. The standard InChI is InChI=1S/C11H8N2O4/c14-11-7(4-12-15)1-6-2-9-10(17-5-16-9)3-8(6)13-11/h1-4,15H,5H2,(H,13,14)/b12-4-. The number of oxime groups is 1. The number of H-pyrrole nitrogens is 1. The fourth-order valence-corrected chi connectivity index (χ4v) is 1.77. The van der Waals surface area contributed by atoms with E-state index in [0.29, 0.717) is 17.0 Å². The maximum atomic E-state index is 11.6. The third kappa shape index (κ3) is 1.50. The van der Waals surface area contributed by atoms with Crippen molar-refractivity contribution in [3.63, 3.8) is 0 Å². The maximum absolute atomic E-state index is 11.6. The average Bonchev–Trinajstić information content (AvgIpc) is 2.74. The summed E-state index contributed by atoms with van der Waals surface area (Å²) in [6, 6.07) is 5.09. The second kappa shape index (κ2) is 3.51. The van der Waals surface area contributed by atoms with Crippen molar-refractivity contribution in [1.29, 1.82) is 0 Å². The van der Waals surface area contributed by atoms with Gasteiger partial charge in [-0.3, -0.25) is 4.79 Å². The van der Waals surface area contributed by atoms with Gasteiger partial charge in [-0.15, -0.1) is 0 Å². The minimum absolute atomic E-state index is 0.181. The first-order chi connectivity index (χ1) is 8.28. The van der Waals surface area contributed by atoms with Crippen LogP contribution in [0.1, 0.15) is 5.56 Å². The van der Waals surface area contributed by atoms with Gasteiger partial charge in [0.05, 0.1) is 17.3 Å². The minimum Gasteiger partial charge on any atom is -0.454 e. The summed E-state index contributed by atoms with van der Waals surface area (Å²) < 4.78 is 10.5. The normalized spacial score (nSPS) is 13.6. The first-order valence-electron chi connectivity index (χ1n) is 4.92. The Balaban J connectivity index is 2.29. The van der Waals surface area contributed by atoms with Gasteiger partial charge in [-0.2, -0.15) is 0 Å². The Kier molecular flexibility index (Phi) is 2.01. The van der Waals surface area contributed by atoms with E-state index in [0.717, 1.165) is 11.6 Å². The van der Waals surface area contributed by atoms with Crippen molar-refractivity contribution in [2.24, 2.45) is 5.16 Å². The van der Waals surface area contributed by atoms with Crippen LogP contribution in [0.2, 0.25) is 0 Å². The molecule has 3 rings (SSSR count). The molecule has 86 valence electrons. The summed E-state index contributed by atoms with van der Waals surface area (Å²) in [7, 11) is 0. The molecule has 0 radical (unpaired) electrons. The summed E-state index contributed by atoms with van der Waals surface area (Å²) in [5, 5.41) is 12.1. The van der Waals surface area contributed by atoms with E-state index < -0.39 is 0 Å². The highest BCUT2D eigenvalue weighted by atomic mass is 16.7. The topological polar surface area (TPSA) is 83.9 Å². The Labute approximate surface area is 95.1 Å². The van der Waals surface area contributed by atoms with Gasteiger partial charge < -0.3 is 19.7 Å². The van der Waals surface area contributed by atoms with Gasteiger partial charge >= 0.3 is 0 Å². The molecule has 0 fully saturated rings. The van der Waals surface area contributed by atoms with Gasteiger partial charge in [0, 0.05) is 11.5 Å². The molecule has 0 saturated carbocycles. The van der Waals surface area contributed by atoms with Crippen LogP contribution in [0.25, 0.3) is 10.9 Å². The molecule has 1 aliphatic heterocycles. The highest BCUT2D eigenvalue weighted by Gasteiger charge is 2.14. The quantitative estimate of drug-likeness (QED) is 0.437. The zero-order chi connectivity index (χ0) is 11.8. The van der Waals surface area contributed by atoms with Crippen molar-refractivity contribution in [3.05, 3.63) is 34.1 Å². The molecule has 2 aromatic rings. The molecule has 0 amide bonds. The molecule has 1 aromatic carbocycles. The molecule has 0 bridgehead atoms. The molecule has 1 aromatic heterocycles. The monoisotopic (exact) mass is 232 g/mol. The predicted molar refractivity (Wildman–Crippen MR) is 60.1 cm³/mol. The van der Waals surface area contributed by atoms with E-state index >= 15 is 0 Å². The summed E-state index contributed by atoms with van der Waals surface area (Å²) in [5.74, 6) is 1.24. The highest BCUT2D eigenvalue weighted by molar-refractivity contribution is 5.89. The van der Waals surface area contributed by atoms with E-state index in [2.05, 4.69) is 10.1 Å². The summed E-state index contributed by atoms with van der Waals surface area (Å²) in [6.45, 7) is 0.181. The van der Waals surface area contributed by atoms with Crippen molar-refractivity contribution in [2.75, 3.05) is 6.79 Å². The van der Waals surface area contributed by atoms with Crippen LogP contribution in [0.15, 0.2) is 28.1 Å². The number of ether oxygens (including phenoxy) is 2. The third-order valence-corrected chi connectivity index (χ3v) is 2.56. The van der Waals surface area contributed by atoms with Crippen LogP contribution in [0.4, 0.5) is 0 Å². The first kappa shape index (κ1) is 9.71. The van der Waals surface area contributed by atoms with Gasteiger partial charge in [-0.1, -0.05) is 5.16 Å². The molecule has 6 nitrogen and oxygen atoms in total. The lowest BCUT2D eigenvalue weighted by Gasteiger charge is -2.01. The van der Waals surface area contributed by atoms with Crippen molar-refractivity contribution in [1.82, 2.24) is 4.98 Å². The number of aromatic amines is 1. The van der Waals surface area contributed by atoms with Crippen LogP contribution in [-0.2, 0) is 0 Å². The van der Waals surface area contributed by atoms with Gasteiger partial charge in [0.2, 0.25) is 6.79 Å². The Morgan fingerprint density at radius 3 is 2.82 bits per heavy atom. The fraction of sp³-hybridized carbons (Fsp3) is 0.0909. The fourth-order valence-electron chi connectivity index (χ4n) is 1.77. The molecule has 6 heteroatoms. The molecule has 1 aliphatic rings. The summed E-state index contributed by atoms with van der Waals surface area (Å²) in [5.41, 5.74) is 0.599. The Hall–Kier alpha value is -2.50. The van der Waals surface area contributed by atoms with Crippen molar-refractivity contribution >= 4 is 17.1 Å². The second-order valence-electron chi connectivity index (χ2n) is 3.59. The molecule has 0 saturated heterocycles.